The summed E-state index contributed by atoms with van der Waals surface area (Å²) in [6.07, 6.45) is 3.12. The summed E-state index contributed by atoms with van der Waals surface area (Å²) in [6.45, 7) is 0.289. The van der Waals surface area contributed by atoms with E-state index in [2.05, 4.69) is 14.9 Å². The zero-order chi connectivity index (χ0) is 18.7. The quantitative estimate of drug-likeness (QED) is 0.750. The first-order chi connectivity index (χ1) is 12.4. The summed E-state index contributed by atoms with van der Waals surface area (Å²) in [5.74, 6) is -0.250. The van der Waals surface area contributed by atoms with Crippen LogP contribution in [0.2, 0.25) is 0 Å². The minimum absolute atomic E-state index is 0.0528. The van der Waals surface area contributed by atoms with Crippen molar-refractivity contribution < 1.29 is 19.0 Å². The van der Waals surface area contributed by atoms with Crippen LogP contribution in [0.5, 0.6) is 0 Å². The largest absolute Gasteiger partial charge is 0.461 e. The van der Waals surface area contributed by atoms with Crippen molar-refractivity contribution in [3.63, 3.8) is 0 Å². The number of carbonyl (C=O) groups excluding carboxylic acids is 2. The van der Waals surface area contributed by atoms with Crippen molar-refractivity contribution in [1.29, 1.82) is 0 Å². The molecule has 0 spiro atoms. The van der Waals surface area contributed by atoms with Crippen molar-refractivity contribution in [3.05, 3.63) is 23.8 Å². The Morgan fingerprint density at radius 3 is 2.50 bits per heavy atom. The Morgan fingerprint density at radius 2 is 1.81 bits per heavy atom. The monoisotopic (exact) mass is 360 g/mol. The topological polar surface area (TPSA) is 88.8 Å². The Kier molecular flexibility index (Phi) is 5.51. The second-order valence-electron chi connectivity index (χ2n) is 7.04. The molecular formula is C18H24N4O4. The molecule has 1 aliphatic rings. The zero-order valence-electron chi connectivity index (χ0n) is 15.3. The van der Waals surface area contributed by atoms with E-state index in [4.69, 9.17) is 4.74 Å². The van der Waals surface area contributed by atoms with Crippen LogP contribution < -0.4 is 0 Å². The molecule has 0 N–H and O–H groups in total. The molecule has 1 fully saturated rings. The van der Waals surface area contributed by atoms with E-state index in [1.165, 1.54) is 0 Å². The molecule has 1 aliphatic carbocycles. The third kappa shape index (κ3) is 4.19. The third-order valence-corrected chi connectivity index (χ3v) is 4.76. The number of benzene rings is 1. The summed E-state index contributed by atoms with van der Waals surface area (Å²) in [7, 11) is 5.49. The fourth-order valence-electron chi connectivity index (χ4n) is 3.32. The smallest absolute Gasteiger partial charge is 0.320 e. The van der Waals surface area contributed by atoms with Crippen molar-refractivity contribution in [1.82, 2.24) is 20.1 Å². The van der Waals surface area contributed by atoms with E-state index in [0.29, 0.717) is 16.6 Å². The fourth-order valence-corrected chi connectivity index (χ4v) is 3.32. The molecule has 0 bridgehead atoms. The van der Waals surface area contributed by atoms with Crippen LogP contribution in [-0.4, -0.2) is 71.8 Å². The van der Waals surface area contributed by atoms with E-state index >= 15 is 0 Å². The van der Waals surface area contributed by atoms with Gasteiger partial charge in [-0.25, -0.2) is 4.63 Å². The lowest BCUT2D eigenvalue weighted by Crippen LogP contribution is -2.41. The van der Waals surface area contributed by atoms with Gasteiger partial charge in [0.05, 0.1) is 6.54 Å². The van der Waals surface area contributed by atoms with Crippen molar-refractivity contribution in [2.24, 2.45) is 0 Å². The van der Waals surface area contributed by atoms with E-state index < -0.39 is 0 Å². The molecule has 1 aromatic heterocycles. The van der Waals surface area contributed by atoms with Gasteiger partial charge in [-0.2, -0.15) is 0 Å². The maximum atomic E-state index is 12.7. The highest BCUT2D eigenvalue weighted by molar-refractivity contribution is 5.97. The lowest BCUT2D eigenvalue weighted by molar-refractivity contribution is -0.151. The van der Waals surface area contributed by atoms with Crippen molar-refractivity contribution >= 4 is 22.9 Å². The number of hydrogen-bond acceptors (Lipinski definition) is 7. The lowest BCUT2D eigenvalue weighted by Gasteiger charge is -2.34. The van der Waals surface area contributed by atoms with E-state index in [1.54, 1.807) is 28.0 Å². The van der Waals surface area contributed by atoms with Crippen LogP contribution in [-0.2, 0) is 9.53 Å². The van der Waals surface area contributed by atoms with Crippen LogP contribution in [0.1, 0.15) is 36.0 Å². The van der Waals surface area contributed by atoms with E-state index in [1.807, 2.05) is 21.1 Å². The first-order valence-corrected chi connectivity index (χ1v) is 8.77. The van der Waals surface area contributed by atoms with E-state index in [9.17, 15) is 9.59 Å². The molecule has 8 heteroatoms. The molecule has 0 aliphatic heterocycles. The van der Waals surface area contributed by atoms with Gasteiger partial charge in [0, 0.05) is 18.7 Å². The summed E-state index contributed by atoms with van der Waals surface area (Å²) < 4.78 is 10.2. The molecule has 8 nitrogen and oxygen atoms in total. The van der Waals surface area contributed by atoms with Crippen LogP contribution in [0.15, 0.2) is 22.8 Å². The molecule has 3 rings (SSSR count). The highest BCUT2D eigenvalue weighted by Crippen LogP contribution is 2.26. The number of hydrogen-bond donors (Lipinski definition) is 0. The Hall–Kier alpha value is -2.48. The summed E-state index contributed by atoms with van der Waals surface area (Å²) in [5, 5.41) is 7.53. The van der Waals surface area contributed by atoms with Gasteiger partial charge in [0.15, 0.2) is 0 Å². The molecule has 1 aromatic carbocycles. The fraction of sp³-hybridized carbons (Fsp3) is 0.556. The highest BCUT2D eigenvalue weighted by Gasteiger charge is 2.29. The Morgan fingerprint density at radius 1 is 1.12 bits per heavy atom. The summed E-state index contributed by atoms with van der Waals surface area (Å²) in [4.78, 5) is 28.1. The van der Waals surface area contributed by atoms with Gasteiger partial charge in [-0.05, 0) is 68.3 Å². The standard InChI is InChI=1S/C18H24N4O4/c1-21(2)11-17(23)25-14-7-5-13(6-8-14)22(3)18(24)12-4-9-15-16(10-12)20-26-19-15/h4,9-10,13-14H,5-8,11H2,1-3H3. The molecule has 26 heavy (non-hydrogen) atoms. The molecular weight excluding hydrogens is 336 g/mol. The summed E-state index contributed by atoms with van der Waals surface area (Å²) >= 11 is 0. The van der Waals surface area contributed by atoms with Gasteiger partial charge in [0.25, 0.3) is 5.91 Å². The number of nitrogens with zero attached hydrogens (tertiary/aromatic N) is 4. The molecule has 0 radical (unpaired) electrons. The normalized spacial score (nSPS) is 20.3. The molecule has 2 aromatic rings. The van der Waals surface area contributed by atoms with Crippen molar-refractivity contribution in [2.75, 3.05) is 27.7 Å². The SMILES string of the molecule is CN(C)CC(=O)OC1CCC(N(C)C(=O)c2ccc3nonc3c2)CC1. The van der Waals surface area contributed by atoms with Crippen LogP contribution in [0, 0.1) is 0 Å². The van der Waals surface area contributed by atoms with Gasteiger partial charge < -0.3 is 9.64 Å². The molecule has 1 heterocycles. The number of aromatic nitrogens is 2. The van der Waals surface area contributed by atoms with Gasteiger partial charge in [-0.3, -0.25) is 14.5 Å². The molecule has 0 unspecified atom stereocenters. The number of amides is 1. The number of esters is 1. The average Bonchev–Trinajstić information content (AvgIpc) is 3.08. The first kappa shape index (κ1) is 18.3. The first-order valence-electron chi connectivity index (χ1n) is 8.77. The Bertz CT molecular complexity index is 780. The number of ether oxygens (including phenoxy) is 1. The van der Waals surface area contributed by atoms with Gasteiger partial charge in [-0.15, -0.1) is 0 Å². The van der Waals surface area contributed by atoms with Crippen LogP contribution in [0.4, 0.5) is 0 Å². The van der Waals surface area contributed by atoms with Crippen molar-refractivity contribution in [2.45, 2.75) is 37.8 Å². The number of rotatable bonds is 5. The maximum Gasteiger partial charge on any atom is 0.320 e. The van der Waals surface area contributed by atoms with Crippen LogP contribution >= 0.6 is 0 Å². The third-order valence-electron chi connectivity index (χ3n) is 4.76. The Labute approximate surface area is 152 Å². The lowest BCUT2D eigenvalue weighted by atomic mass is 9.91. The maximum absolute atomic E-state index is 12.7. The molecule has 1 saturated carbocycles. The molecule has 1 amide bonds. The van der Waals surface area contributed by atoms with Crippen molar-refractivity contribution in [3.8, 4) is 0 Å². The second-order valence-corrected chi connectivity index (χ2v) is 7.04. The predicted molar refractivity (Wildman–Crippen MR) is 94.6 cm³/mol. The average molecular weight is 360 g/mol. The second kappa shape index (κ2) is 7.82. The zero-order valence-corrected chi connectivity index (χ0v) is 15.3. The minimum atomic E-state index is -0.197. The van der Waals surface area contributed by atoms with Gasteiger partial charge in [-0.1, -0.05) is 0 Å². The number of fused-ring (bicyclic) bond motifs is 1. The summed E-state index contributed by atoms with van der Waals surface area (Å²) in [6, 6.07) is 5.30. The molecule has 0 saturated heterocycles. The van der Waals surface area contributed by atoms with E-state index in [-0.39, 0.29) is 30.6 Å². The minimum Gasteiger partial charge on any atom is -0.461 e. The van der Waals surface area contributed by atoms with Crippen LogP contribution in [0.25, 0.3) is 11.0 Å². The van der Waals surface area contributed by atoms with Crippen LogP contribution in [0.3, 0.4) is 0 Å². The predicted octanol–water partition coefficient (Wildman–Crippen LogP) is 1.71. The highest BCUT2D eigenvalue weighted by atomic mass is 16.6. The number of carbonyl (C=O) groups is 2. The van der Waals surface area contributed by atoms with Gasteiger partial charge in [0.1, 0.15) is 17.1 Å². The summed E-state index contributed by atoms with van der Waals surface area (Å²) in [5.41, 5.74) is 1.76. The molecule has 0 atom stereocenters. The van der Waals surface area contributed by atoms with E-state index in [0.717, 1.165) is 25.7 Å². The van der Waals surface area contributed by atoms with Gasteiger partial charge >= 0.3 is 5.97 Å². The molecule has 140 valence electrons. The Balaban J connectivity index is 1.55. The van der Waals surface area contributed by atoms with Gasteiger partial charge in [0.2, 0.25) is 0 Å². The number of likely N-dealkylation sites (N-methyl/N-ethyl adjacent to an activating group) is 1.